The number of rotatable bonds is 13. The molecule has 1 aromatic carbocycles. The molecular formula is C22H37NO. The number of carbonyl (C=O) groups excluding carboxylic acids is 1. The van der Waals surface area contributed by atoms with Crippen LogP contribution in [0.5, 0.6) is 0 Å². The van der Waals surface area contributed by atoms with E-state index in [4.69, 9.17) is 0 Å². The van der Waals surface area contributed by atoms with Crippen LogP contribution in [0.4, 0.5) is 0 Å². The maximum Gasteiger partial charge on any atom is 0.217 e. The quantitative estimate of drug-likeness (QED) is 0.415. The Morgan fingerprint density at radius 3 is 2.00 bits per heavy atom. The van der Waals surface area contributed by atoms with E-state index in [9.17, 15) is 4.79 Å². The van der Waals surface area contributed by atoms with Crippen LogP contribution in [0.15, 0.2) is 30.3 Å². The lowest BCUT2D eigenvalue weighted by Gasteiger charge is -2.25. The fourth-order valence-electron chi connectivity index (χ4n) is 3.38. The SMILES string of the molecule is CCCCCCCCCCC[C@@H](C)[C@H](NC(C)=O)c1ccccc1. The molecule has 0 aliphatic heterocycles. The van der Waals surface area contributed by atoms with E-state index in [2.05, 4.69) is 43.4 Å². The van der Waals surface area contributed by atoms with Crippen molar-refractivity contribution in [3.63, 3.8) is 0 Å². The summed E-state index contributed by atoms with van der Waals surface area (Å²) < 4.78 is 0. The van der Waals surface area contributed by atoms with E-state index in [1.165, 1.54) is 69.8 Å². The van der Waals surface area contributed by atoms with E-state index in [1.807, 2.05) is 6.07 Å². The van der Waals surface area contributed by atoms with Crippen LogP contribution in [-0.4, -0.2) is 5.91 Å². The van der Waals surface area contributed by atoms with Crippen molar-refractivity contribution in [1.82, 2.24) is 5.32 Å². The second-order valence-corrected chi connectivity index (χ2v) is 7.18. The van der Waals surface area contributed by atoms with Gasteiger partial charge in [-0.3, -0.25) is 4.79 Å². The summed E-state index contributed by atoms with van der Waals surface area (Å²) in [7, 11) is 0. The molecule has 2 heteroatoms. The summed E-state index contributed by atoms with van der Waals surface area (Å²) in [6.45, 7) is 6.14. The first-order valence-electron chi connectivity index (χ1n) is 9.97. The molecule has 1 aromatic rings. The number of nitrogens with one attached hydrogen (secondary N) is 1. The standard InChI is InChI=1S/C22H37NO/c1-4-5-6-7-8-9-10-11-13-16-19(2)22(23-20(3)24)21-17-14-12-15-18-21/h12,14-15,17-19,22H,4-11,13,16H2,1-3H3,(H,23,24)/t19-,22+/m1/s1. The molecule has 0 saturated carbocycles. The summed E-state index contributed by atoms with van der Waals surface area (Å²) in [5.41, 5.74) is 1.22. The molecule has 0 fully saturated rings. The van der Waals surface area contributed by atoms with E-state index in [0.717, 1.165) is 0 Å². The number of unbranched alkanes of at least 4 members (excludes halogenated alkanes) is 8. The van der Waals surface area contributed by atoms with Crippen LogP contribution in [0.1, 0.15) is 96.6 Å². The predicted octanol–water partition coefficient (Wildman–Crippen LogP) is 6.42. The number of carbonyl (C=O) groups is 1. The number of benzene rings is 1. The Morgan fingerprint density at radius 1 is 0.917 bits per heavy atom. The highest BCUT2D eigenvalue weighted by molar-refractivity contribution is 5.73. The number of hydrogen-bond acceptors (Lipinski definition) is 1. The van der Waals surface area contributed by atoms with Crippen molar-refractivity contribution in [2.24, 2.45) is 5.92 Å². The van der Waals surface area contributed by atoms with Crippen LogP contribution in [0.2, 0.25) is 0 Å². The van der Waals surface area contributed by atoms with Crippen LogP contribution in [-0.2, 0) is 4.79 Å². The van der Waals surface area contributed by atoms with E-state index >= 15 is 0 Å². The lowest BCUT2D eigenvalue weighted by atomic mass is 9.90. The molecule has 0 saturated heterocycles. The first-order valence-corrected chi connectivity index (χ1v) is 9.97. The molecule has 1 rings (SSSR count). The highest BCUT2D eigenvalue weighted by Crippen LogP contribution is 2.26. The molecular weight excluding hydrogens is 294 g/mol. The molecule has 0 heterocycles. The van der Waals surface area contributed by atoms with Gasteiger partial charge in [-0.1, -0.05) is 102 Å². The van der Waals surface area contributed by atoms with Gasteiger partial charge in [0.05, 0.1) is 6.04 Å². The Morgan fingerprint density at radius 2 is 1.46 bits per heavy atom. The summed E-state index contributed by atoms with van der Waals surface area (Å²) in [6, 6.07) is 10.5. The van der Waals surface area contributed by atoms with Gasteiger partial charge in [-0.25, -0.2) is 0 Å². The third kappa shape index (κ3) is 9.10. The van der Waals surface area contributed by atoms with Crippen molar-refractivity contribution in [3.05, 3.63) is 35.9 Å². The first kappa shape index (κ1) is 20.7. The molecule has 0 radical (unpaired) electrons. The maximum absolute atomic E-state index is 11.5. The van der Waals surface area contributed by atoms with Gasteiger partial charge in [0.25, 0.3) is 0 Å². The molecule has 0 aromatic heterocycles. The van der Waals surface area contributed by atoms with E-state index in [1.54, 1.807) is 6.92 Å². The van der Waals surface area contributed by atoms with Gasteiger partial charge in [0, 0.05) is 6.92 Å². The van der Waals surface area contributed by atoms with Gasteiger partial charge in [0.1, 0.15) is 0 Å². The summed E-state index contributed by atoms with van der Waals surface area (Å²) in [5, 5.41) is 3.14. The smallest absolute Gasteiger partial charge is 0.217 e. The first-order chi connectivity index (χ1) is 11.6. The van der Waals surface area contributed by atoms with Crippen LogP contribution >= 0.6 is 0 Å². The van der Waals surface area contributed by atoms with Gasteiger partial charge in [0.15, 0.2) is 0 Å². The molecule has 24 heavy (non-hydrogen) atoms. The zero-order valence-electron chi connectivity index (χ0n) is 16.0. The minimum Gasteiger partial charge on any atom is -0.349 e. The van der Waals surface area contributed by atoms with Crippen LogP contribution in [0.25, 0.3) is 0 Å². The van der Waals surface area contributed by atoms with Gasteiger partial charge >= 0.3 is 0 Å². The lowest BCUT2D eigenvalue weighted by molar-refractivity contribution is -0.120. The van der Waals surface area contributed by atoms with Gasteiger partial charge in [-0.15, -0.1) is 0 Å². The van der Waals surface area contributed by atoms with Gasteiger partial charge < -0.3 is 5.32 Å². The second-order valence-electron chi connectivity index (χ2n) is 7.18. The third-order valence-corrected chi connectivity index (χ3v) is 4.85. The Kier molecular flexibility index (Phi) is 11.3. The monoisotopic (exact) mass is 331 g/mol. The molecule has 0 aliphatic carbocycles. The van der Waals surface area contributed by atoms with Gasteiger partial charge in [-0.2, -0.15) is 0 Å². The minimum absolute atomic E-state index is 0.0581. The lowest BCUT2D eigenvalue weighted by Crippen LogP contribution is -2.30. The van der Waals surface area contributed by atoms with E-state index in [0.29, 0.717) is 5.92 Å². The molecule has 2 nitrogen and oxygen atoms in total. The van der Waals surface area contributed by atoms with Gasteiger partial charge in [-0.05, 0) is 17.9 Å². The Labute approximate surface area is 149 Å². The number of hydrogen-bond donors (Lipinski definition) is 1. The van der Waals surface area contributed by atoms with Crippen LogP contribution < -0.4 is 5.32 Å². The van der Waals surface area contributed by atoms with Crippen molar-refractivity contribution >= 4 is 5.91 Å². The zero-order chi connectivity index (χ0) is 17.6. The fraction of sp³-hybridized carbons (Fsp3) is 0.682. The fourth-order valence-corrected chi connectivity index (χ4v) is 3.38. The molecule has 136 valence electrons. The topological polar surface area (TPSA) is 29.1 Å². The molecule has 0 unspecified atom stereocenters. The van der Waals surface area contributed by atoms with Crippen molar-refractivity contribution in [2.75, 3.05) is 0 Å². The minimum atomic E-state index is 0.0581. The Hall–Kier alpha value is -1.31. The molecule has 0 bridgehead atoms. The second kappa shape index (κ2) is 13.0. The Balaban J connectivity index is 2.25. The highest BCUT2D eigenvalue weighted by atomic mass is 16.1. The van der Waals surface area contributed by atoms with Crippen molar-refractivity contribution in [1.29, 1.82) is 0 Å². The summed E-state index contributed by atoms with van der Waals surface area (Å²) in [4.78, 5) is 11.5. The average molecular weight is 332 g/mol. The summed E-state index contributed by atoms with van der Waals surface area (Å²) >= 11 is 0. The van der Waals surface area contributed by atoms with Crippen LogP contribution in [0, 0.1) is 5.92 Å². The largest absolute Gasteiger partial charge is 0.349 e. The summed E-state index contributed by atoms with van der Waals surface area (Å²) in [5.74, 6) is 0.531. The summed E-state index contributed by atoms with van der Waals surface area (Å²) in [6.07, 6.45) is 13.4. The maximum atomic E-state index is 11.5. The van der Waals surface area contributed by atoms with Gasteiger partial charge in [0.2, 0.25) is 5.91 Å². The van der Waals surface area contributed by atoms with E-state index in [-0.39, 0.29) is 11.9 Å². The van der Waals surface area contributed by atoms with Crippen molar-refractivity contribution in [2.45, 2.75) is 91.0 Å². The molecule has 1 N–H and O–H groups in total. The predicted molar refractivity (Wildman–Crippen MR) is 104 cm³/mol. The average Bonchev–Trinajstić information content (AvgIpc) is 2.58. The molecule has 0 aliphatic rings. The molecule has 1 amide bonds. The van der Waals surface area contributed by atoms with Crippen LogP contribution in [0.3, 0.4) is 0 Å². The normalized spacial score (nSPS) is 13.5. The third-order valence-electron chi connectivity index (χ3n) is 4.85. The van der Waals surface area contributed by atoms with Crippen molar-refractivity contribution < 1.29 is 4.79 Å². The molecule has 2 atom stereocenters. The van der Waals surface area contributed by atoms with Crippen molar-refractivity contribution in [3.8, 4) is 0 Å². The number of amides is 1. The highest BCUT2D eigenvalue weighted by Gasteiger charge is 2.19. The zero-order valence-corrected chi connectivity index (χ0v) is 16.0. The Bertz CT molecular complexity index is 429. The molecule has 0 spiro atoms. The van der Waals surface area contributed by atoms with E-state index < -0.39 is 0 Å².